The molecule has 2 atom stereocenters. The molecule has 0 aromatic heterocycles. The van der Waals surface area contributed by atoms with Crippen molar-refractivity contribution in [2.75, 3.05) is 0 Å². The average Bonchev–Trinajstić information content (AvgIpc) is 2.33. The zero-order chi connectivity index (χ0) is 15.3. The quantitative estimate of drug-likeness (QED) is 0.835. The maximum atomic E-state index is 12.1. The third kappa shape index (κ3) is 7.55. The monoisotopic (exact) mass is 327 g/mol. The van der Waals surface area contributed by atoms with Gasteiger partial charge in [0.2, 0.25) is 0 Å². The van der Waals surface area contributed by atoms with Gasteiger partial charge in [-0.15, -0.1) is 25.6 Å². The van der Waals surface area contributed by atoms with Crippen molar-refractivity contribution >= 4 is 12.4 Å². The number of benzene rings is 1. The topological polar surface area (TPSA) is 55.5 Å². The lowest BCUT2D eigenvalue weighted by Crippen LogP contribution is -2.26. The summed E-state index contributed by atoms with van der Waals surface area (Å²) in [5.74, 6) is 0.0956. The Bertz CT molecular complexity index is 427. The average molecular weight is 328 g/mol. The molecule has 3 N–H and O–H groups in total. The highest BCUT2D eigenvalue weighted by atomic mass is 35.5. The maximum absolute atomic E-state index is 12.1. The summed E-state index contributed by atoms with van der Waals surface area (Å²) in [5, 5.41) is 9.96. The van der Waals surface area contributed by atoms with Crippen LogP contribution in [0, 0.1) is 5.92 Å². The molecule has 0 heterocycles. The molecule has 0 radical (unpaired) electrons. The van der Waals surface area contributed by atoms with E-state index in [9.17, 15) is 18.3 Å². The van der Waals surface area contributed by atoms with Crippen molar-refractivity contribution < 1.29 is 23.0 Å². The van der Waals surface area contributed by atoms with E-state index >= 15 is 0 Å². The highest BCUT2D eigenvalue weighted by molar-refractivity contribution is 5.85. The van der Waals surface area contributed by atoms with Crippen LogP contribution >= 0.6 is 12.4 Å². The molecular weight excluding hydrogens is 307 g/mol. The van der Waals surface area contributed by atoms with E-state index in [4.69, 9.17) is 5.73 Å². The molecule has 0 unspecified atom stereocenters. The molecular formula is C14H21ClF3NO2. The summed E-state index contributed by atoms with van der Waals surface area (Å²) in [6.45, 7) is 4.05. The van der Waals surface area contributed by atoms with Crippen LogP contribution in [0.15, 0.2) is 24.3 Å². The van der Waals surface area contributed by atoms with Gasteiger partial charge in [0.25, 0.3) is 0 Å². The van der Waals surface area contributed by atoms with E-state index < -0.39 is 18.5 Å². The van der Waals surface area contributed by atoms with Gasteiger partial charge in [0, 0.05) is 0 Å². The Morgan fingerprint density at radius 1 is 1.24 bits per heavy atom. The number of alkyl halides is 3. The van der Waals surface area contributed by atoms with Gasteiger partial charge in [0.05, 0.1) is 12.1 Å². The molecule has 7 heteroatoms. The number of hydrogen-bond donors (Lipinski definition) is 2. The van der Waals surface area contributed by atoms with Crippen molar-refractivity contribution in [1.29, 1.82) is 0 Å². The van der Waals surface area contributed by atoms with Gasteiger partial charge < -0.3 is 15.6 Å². The van der Waals surface area contributed by atoms with E-state index in [-0.39, 0.29) is 18.2 Å². The van der Waals surface area contributed by atoms with Crippen LogP contribution in [0.5, 0.6) is 5.75 Å². The Morgan fingerprint density at radius 3 is 2.38 bits per heavy atom. The van der Waals surface area contributed by atoms with E-state index in [0.29, 0.717) is 17.9 Å². The van der Waals surface area contributed by atoms with Gasteiger partial charge in [0.1, 0.15) is 5.75 Å². The number of halogens is 4. The first-order valence-corrected chi connectivity index (χ1v) is 6.48. The number of aliphatic hydroxyl groups excluding tert-OH is 1. The summed E-state index contributed by atoms with van der Waals surface area (Å²) in [6.07, 6.45) is -4.23. The number of rotatable bonds is 6. The SMILES string of the molecule is CC(C)CC[C@H](O)[C@H](N)c1cccc(OC(F)(F)F)c1.Cl. The number of ether oxygens (including phenoxy) is 1. The van der Waals surface area contributed by atoms with Gasteiger partial charge in [-0.3, -0.25) is 0 Å². The van der Waals surface area contributed by atoms with Gasteiger partial charge in [-0.05, 0) is 36.5 Å². The largest absolute Gasteiger partial charge is 0.573 e. The van der Waals surface area contributed by atoms with Gasteiger partial charge in [0.15, 0.2) is 0 Å². The molecule has 1 aromatic rings. The second-order valence-corrected chi connectivity index (χ2v) is 5.18. The fourth-order valence-electron chi connectivity index (χ4n) is 1.82. The Kier molecular flexibility index (Phi) is 8.06. The lowest BCUT2D eigenvalue weighted by molar-refractivity contribution is -0.274. The first kappa shape index (κ1) is 20.0. The van der Waals surface area contributed by atoms with Crippen LogP contribution in [0.3, 0.4) is 0 Å². The summed E-state index contributed by atoms with van der Waals surface area (Å²) in [6, 6.07) is 4.67. The summed E-state index contributed by atoms with van der Waals surface area (Å²) in [4.78, 5) is 0. The number of hydrogen-bond acceptors (Lipinski definition) is 3. The molecule has 1 aromatic carbocycles. The van der Waals surface area contributed by atoms with Gasteiger partial charge in [-0.1, -0.05) is 26.0 Å². The molecule has 0 fully saturated rings. The van der Waals surface area contributed by atoms with E-state index in [2.05, 4.69) is 4.74 Å². The zero-order valence-electron chi connectivity index (χ0n) is 11.9. The van der Waals surface area contributed by atoms with Gasteiger partial charge >= 0.3 is 6.36 Å². The standard InChI is InChI=1S/C14H20F3NO2.ClH/c1-9(2)6-7-12(19)13(18)10-4-3-5-11(8-10)20-14(15,16)17;/h3-5,8-9,12-13,19H,6-7,18H2,1-2H3;1H/t12-,13+;/m0./s1. The summed E-state index contributed by atoms with van der Waals surface area (Å²) < 4.78 is 40.3. The van der Waals surface area contributed by atoms with Crippen LogP contribution in [-0.2, 0) is 0 Å². The van der Waals surface area contributed by atoms with E-state index in [0.717, 1.165) is 6.42 Å². The van der Waals surface area contributed by atoms with Crippen LogP contribution in [0.25, 0.3) is 0 Å². The Balaban J connectivity index is 0.00000400. The second-order valence-electron chi connectivity index (χ2n) is 5.18. The minimum Gasteiger partial charge on any atom is -0.406 e. The molecule has 0 saturated heterocycles. The molecule has 0 aliphatic heterocycles. The first-order chi connectivity index (χ1) is 9.19. The van der Waals surface area contributed by atoms with E-state index in [1.807, 2.05) is 13.8 Å². The lowest BCUT2D eigenvalue weighted by Gasteiger charge is -2.20. The van der Waals surface area contributed by atoms with Crippen LogP contribution in [0.2, 0.25) is 0 Å². The molecule has 0 saturated carbocycles. The van der Waals surface area contributed by atoms with Crippen molar-refractivity contribution in [3.05, 3.63) is 29.8 Å². The van der Waals surface area contributed by atoms with E-state index in [1.54, 1.807) is 6.07 Å². The van der Waals surface area contributed by atoms with Crippen molar-refractivity contribution in [2.24, 2.45) is 11.7 Å². The predicted octanol–water partition coefficient (Wildman–Crippen LogP) is 3.80. The molecule has 3 nitrogen and oxygen atoms in total. The molecule has 0 aliphatic rings. The lowest BCUT2D eigenvalue weighted by atomic mass is 9.96. The molecule has 0 spiro atoms. The first-order valence-electron chi connectivity index (χ1n) is 6.48. The minimum absolute atomic E-state index is 0. The van der Waals surface area contributed by atoms with Crippen LogP contribution in [0.1, 0.15) is 38.3 Å². The Labute approximate surface area is 128 Å². The van der Waals surface area contributed by atoms with E-state index in [1.165, 1.54) is 18.2 Å². The third-order valence-corrected chi connectivity index (χ3v) is 2.93. The molecule has 122 valence electrons. The fraction of sp³-hybridized carbons (Fsp3) is 0.571. The second kappa shape index (κ2) is 8.46. The normalized spacial score (nSPS) is 14.5. The maximum Gasteiger partial charge on any atom is 0.573 e. The summed E-state index contributed by atoms with van der Waals surface area (Å²) in [5.41, 5.74) is 6.29. The molecule has 0 amide bonds. The van der Waals surface area contributed by atoms with Gasteiger partial charge in [-0.2, -0.15) is 0 Å². The Hall–Kier alpha value is -0.980. The summed E-state index contributed by atoms with van der Waals surface area (Å²) >= 11 is 0. The van der Waals surface area contributed by atoms with Gasteiger partial charge in [-0.25, -0.2) is 0 Å². The molecule has 0 aliphatic carbocycles. The smallest absolute Gasteiger partial charge is 0.406 e. The predicted molar refractivity (Wildman–Crippen MR) is 77.4 cm³/mol. The minimum atomic E-state index is -4.74. The number of aliphatic hydroxyl groups is 1. The molecule has 21 heavy (non-hydrogen) atoms. The molecule has 0 bridgehead atoms. The van der Waals surface area contributed by atoms with Crippen molar-refractivity contribution in [2.45, 2.75) is 45.2 Å². The Morgan fingerprint density at radius 2 is 1.86 bits per heavy atom. The third-order valence-electron chi connectivity index (χ3n) is 2.93. The fourth-order valence-corrected chi connectivity index (χ4v) is 1.82. The van der Waals surface area contributed by atoms with Crippen molar-refractivity contribution in [3.8, 4) is 5.75 Å². The van der Waals surface area contributed by atoms with Crippen LogP contribution in [-0.4, -0.2) is 17.6 Å². The molecule has 1 rings (SSSR count). The highest BCUT2D eigenvalue weighted by Crippen LogP contribution is 2.27. The van der Waals surface area contributed by atoms with Crippen LogP contribution < -0.4 is 10.5 Å². The summed E-state index contributed by atoms with van der Waals surface area (Å²) in [7, 11) is 0. The highest BCUT2D eigenvalue weighted by Gasteiger charge is 2.31. The van der Waals surface area contributed by atoms with Crippen molar-refractivity contribution in [3.63, 3.8) is 0 Å². The number of nitrogens with two attached hydrogens (primary N) is 1. The van der Waals surface area contributed by atoms with Crippen LogP contribution in [0.4, 0.5) is 13.2 Å². The zero-order valence-corrected chi connectivity index (χ0v) is 12.7. The van der Waals surface area contributed by atoms with Crippen molar-refractivity contribution in [1.82, 2.24) is 0 Å².